The number of benzene rings is 3. The van der Waals surface area contributed by atoms with Crippen LogP contribution in [0.4, 0.5) is 4.79 Å². The Balaban J connectivity index is 1.65. The summed E-state index contributed by atoms with van der Waals surface area (Å²) in [6.07, 6.45) is 0.128. The van der Waals surface area contributed by atoms with Gasteiger partial charge in [0.1, 0.15) is 29.5 Å². The van der Waals surface area contributed by atoms with E-state index in [1.165, 1.54) is 33.3 Å². The minimum absolute atomic E-state index is 0.0228. The number of carbonyl (C=O) groups is 4. The predicted octanol–water partition coefficient (Wildman–Crippen LogP) is 6.09. The van der Waals surface area contributed by atoms with E-state index in [0.717, 1.165) is 4.90 Å². The van der Waals surface area contributed by atoms with Crippen LogP contribution in [0.15, 0.2) is 54.6 Å². The fraction of sp³-hybridized carbons (Fsp3) is 0.421. The first kappa shape index (κ1) is 38.8. The van der Waals surface area contributed by atoms with Crippen molar-refractivity contribution in [2.24, 2.45) is 11.3 Å². The van der Waals surface area contributed by atoms with Crippen molar-refractivity contribution < 1.29 is 43.2 Å². The molecule has 0 saturated carbocycles. The first-order chi connectivity index (χ1) is 24.1. The van der Waals surface area contributed by atoms with Gasteiger partial charge in [-0.05, 0) is 53.6 Å². The zero-order chi connectivity index (χ0) is 37.6. The van der Waals surface area contributed by atoms with Crippen LogP contribution in [0.3, 0.4) is 0 Å². The van der Waals surface area contributed by atoms with Gasteiger partial charge >= 0.3 is 12.0 Å². The number of carboxylic acids is 1. The second-order valence-corrected chi connectivity index (χ2v) is 14.0. The number of amides is 4. The van der Waals surface area contributed by atoms with Gasteiger partial charge in [0.25, 0.3) is 0 Å². The molecule has 1 aliphatic heterocycles. The number of aliphatic carboxylic acids is 1. The van der Waals surface area contributed by atoms with E-state index < -0.39 is 53.7 Å². The van der Waals surface area contributed by atoms with Crippen LogP contribution < -0.4 is 24.3 Å². The zero-order valence-corrected chi connectivity index (χ0v) is 31.0. The number of halogens is 1. The van der Waals surface area contributed by atoms with Crippen LogP contribution in [0.1, 0.15) is 61.9 Å². The van der Waals surface area contributed by atoms with E-state index >= 15 is 0 Å². The molecule has 0 radical (unpaired) electrons. The van der Waals surface area contributed by atoms with Crippen molar-refractivity contribution in [1.29, 1.82) is 0 Å². The molecule has 1 heterocycles. The molecular formula is C38H46ClN3O9. The molecular weight excluding hydrogens is 678 g/mol. The summed E-state index contributed by atoms with van der Waals surface area (Å²) < 4.78 is 22.2. The summed E-state index contributed by atoms with van der Waals surface area (Å²) in [5, 5.41) is 13.1. The third-order valence-electron chi connectivity index (χ3n) is 9.04. The lowest BCUT2D eigenvalue weighted by molar-refractivity contribution is -0.141. The normalized spacial score (nSPS) is 16.2. The number of hydrogen-bond donors (Lipinski definition) is 2. The van der Waals surface area contributed by atoms with Crippen LogP contribution >= 0.6 is 11.6 Å². The predicted molar refractivity (Wildman–Crippen MR) is 192 cm³/mol. The molecule has 13 heteroatoms. The Bertz CT molecular complexity index is 1730. The highest BCUT2D eigenvalue weighted by molar-refractivity contribution is 6.30. The first-order valence-corrected chi connectivity index (χ1v) is 16.8. The number of urea groups is 1. The molecule has 2 N–H and O–H groups in total. The number of carbonyl (C=O) groups excluding carboxylic acids is 3. The summed E-state index contributed by atoms with van der Waals surface area (Å²) in [5.74, 6) is -1.66. The maximum absolute atomic E-state index is 14.2. The molecule has 0 aromatic heterocycles. The number of hydrogen-bond acceptors (Lipinski definition) is 8. The number of carboxylic acid groups (broad SMARTS) is 1. The highest BCUT2D eigenvalue weighted by atomic mass is 35.5. The molecule has 3 aromatic carbocycles. The molecule has 0 spiro atoms. The van der Waals surface area contributed by atoms with Gasteiger partial charge in [0.05, 0.1) is 58.4 Å². The Labute approximate surface area is 303 Å². The van der Waals surface area contributed by atoms with Crippen molar-refractivity contribution in [3.05, 3.63) is 81.9 Å². The molecule has 3 aromatic rings. The topological polar surface area (TPSA) is 144 Å². The molecule has 1 aliphatic rings. The highest BCUT2D eigenvalue weighted by Crippen LogP contribution is 2.37. The average Bonchev–Trinajstić information content (AvgIpc) is 3.19. The van der Waals surface area contributed by atoms with Crippen molar-refractivity contribution in [3.63, 3.8) is 0 Å². The smallest absolute Gasteiger partial charge is 0.325 e. The minimum Gasteiger partial charge on any atom is -0.496 e. The van der Waals surface area contributed by atoms with Crippen molar-refractivity contribution in [2.45, 2.75) is 52.6 Å². The van der Waals surface area contributed by atoms with Gasteiger partial charge in [0, 0.05) is 23.7 Å². The fourth-order valence-corrected chi connectivity index (χ4v) is 6.58. The fourth-order valence-electron chi connectivity index (χ4n) is 6.39. The molecule has 0 bridgehead atoms. The van der Waals surface area contributed by atoms with Crippen LogP contribution in [-0.4, -0.2) is 80.2 Å². The maximum Gasteiger partial charge on any atom is 0.325 e. The third-order valence-corrected chi connectivity index (χ3v) is 9.28. The Kier molecular flexibility index (Phi) is 12.5. The van der Waals surface area contributed by atoms with E-state index in [0.29, 0.717) is 50.3 Å². The van der Waals surface area contributed by atoms with Gasteiger partial charge in [-0.15, -0.1) is 0 Å². The molecule has 1 unspecified atom stereocenters. The van der Waals surface area contributed by atoms with Crippen molar-refractivity contribution in [2.75, 3.05) is 41.5 Å². The summed E-state index contributed by atoms with van der Waals surface area (Å²) in [4.78, 5) is 56.5. The number of nitrogens with one attached hydrogen (secondary N) is 1. The summed E-state index contributed by atoms with van der Waals surface area (Å²) in [7, 11) is 6.02. The van der Waals surface area contributed by atoms with Gasteiger partial charge in [0.2, 0.25) is 11.8 Å². The molecule has 274 valence electrons. The minimum atomic E-state index is -0.927. The standard InChI is InChI=1S/C38H46ClN3O9/c1-22(23-9-11-24(12-10-23)34(36(45)46)38(2,3)4)40-37(47)42-21-33(43)41(20-29-31(50-7)17-28(48-5)18-32(29)51-8)19-26(35(42)44)15-25-16-27(39)13-14-30(25)49-6/h9-14,16-18,22,26,34H,15,19-21H2,1-8H3,(H,40,47)(H,45,46)/t22-,26-,34?/m1/s1. The van der Waals surface area contributed by atoms with Crippen molar-refractivity contribution in [1.82, 2.24) is 15.1 Å². The van der Waals surface area contributed by atoms with Gasteiger partial charge < -0.3 is 34.3 Å². The average molecular weight is 724 g/mol. The van der Waals surface area contributed by atoms with Crippen LogP contribution in [0.2, 0.25) is 5.02 Å². The molecule has 12 nitrogen and oxygen atoms in total. The van der Waals surface area contributed by atoms with E-state index in [9.17, 15) is 24.3 Å². The largest absolute Gasteiger partial charge is 0.496 e. The summed E-state index contributed by atoms with van der Waals surface area (Å²) in [5.41, 5.74) is 2.01. The third kappa shape index (κ3) is 9.04. The Morgan fingerprint density at radius 2 is 1.49 bits per heavy atom. The quantitative estimate of drug-likeness (QED) is 0.227. The molecule has 51 heavy (non-hydrogen) atoms. The number of ether oxygens (including phenoxy) is 4. The number of nitrogens with zero attached hydrogens (tertiary/aromatic N) is 2. The van der Waals surface area contributed by atoms with Crippen molar-refractivity contribution in [3.8, 4) is 23.0 Å². The molecule has 0 aliphatic carbocycles. The monoisotopic (exact) mass is 723 g/mol. The van der Waals surface area contributed by atoms with E-state index in [-0.39, 0.29) is 19.5 Å². The number of rotatable bonds is 12. The summed E-state index contributed by atoms with van der Waals surface area (Å²) in [6.45, 7) is 6.83. The van der Waals surface area contributed by atoms with Crippen LogP contribution in [0.5, 0.6) is 23.0 Å². The molecule has 3 atom stereocenters. The Hall–Kier alpha value is -4.97. The van der Waals surface area contributed by atoms with Gasteiger partial charge in [-0.2, -0.15) is 0 Å². The van der Waals surface area contributed by atoms with E-state index in [4.69, 9.17) is 30.5 Å². The maximum atomic E-state index is 14.2. The first-order valence-electron chi connectivity index (χ1n) is 16.4. The molecule has 1 saturated heterocycles. The highest BCUT2D eigenvalue weighted by Gasteiger charge is 2.39. The SMILES string of the molecule is COc1cc(OC)c(CN2C[C@@H](Cc3cc(Cl)ccc3OC)C(=O)N(C(=O)N[C@H](C)c3ccc(C(C(=O)O)C(C)(C)C)cc3)CC2=O)c(OC)c1. The lowest BCUT2D eigenvalue weighted by Gasteiger charge is -2.28. The number of methoxy groups -OCH3 is 4. The van der Waals surface area contributed by atoms with E-state index in [1.54, 1.807) is 61.5 Å². The Morgan fingerprint density at radius 3 is 2.02 bits per heavy atom. The Morgan fingerprint density at radius 1 is 0.902 bits per heavy atom. The second kappa shape index (κ2) is 16.4. The summed E-state index contributed by atoms with van der Waals surface area (Å²) in [6, 6.07) is 14.1. The molecule has 4 amide bonds. The number of imide groups is 1. The van der Waals surface area contributed by atoms with Gasteiger partial charge in [-0.1, -0.05) is 56.6 Å². The van der Waals surface area contributed by atoms with Gasteiger partial charge in [-0.25, -0.2) is 4.79 Å². The van der Waals surface area contributed by atoms with Crippen LogP contribution in [-0.2, 0) is 27.3 Å². The zero-order valence-electron chi connectivity index (χ0n) is 30.2. The van der Waals surface area contributed by atoms with Gasteiger partial charge in [-0.3, -0.25) is 19.3 Å². The van der Waals surface area contributed by atoms with E-state index in [1.807, 2.05) is 20.8 Å². The lowest BCUT2D eigenvalue weighted by atomic mass is 9.76. The molecule has 4 rings (SSSR count). The van der Waals surface area contributed by atoms with Crippen LogP contribution in [0.25, 0.3) is 0 Å². The van der Waals surface area contributed by atoms with Crippen molar-refractivity contribution >= 4 is 35.4 Å². The van der Waals surface area contributed by atoms with Gasteiger partial charge in [0.15, 0.2) is 0 Å². The van der Waals surface area contributed by atoms with Crippen LogP contribution in [0, 0.1) is 11.3 Å². The van der Waals surface area contributed by atoms with E-state index in [2.05, 4.69) is 5.32 Å². The second-order valence-electron chi connectivity index (χ2n) is 13.5. The lowest BCUT2D eigenvalue weighted by Crippen LogP contribution is -2.48. The summed E-state index contributed by atoms with van der Waals surface area (Å²) >= 11 is 6.32. The molecule has 1 fully saturated rings.